The van der Waals surface area contributed by atoms with Crippen LogP contribution in [0, 0.1) is 0 Å². The molecule has 0 spiro atoms. The first-order chi connectivity index (χ1) is 15.8. The largest absolute Gasteiger partial charge is 0.469 e. The molecule has 1 aliphatic heterocycles. The zero-order chi connectivity index (χ0) is 22.3. The molecule has 1 aromatic heterocycles. The van der Waals surface area contributed by atoms with Crippen molar-refractivity contribution in [2.45, 2.75) is 51.9 Å². The fourth-order valence-corrected chi connectivity index (χ4v) is 3.43. The molecule has 0 saturated carbocycles. The second-order valence-electron chi connectivity index (χ2n) is 7.84. The number of guanidine groups is 1. The molecule has 0 aliphatic carbocycles. The fourth-order valence-electron chi connectivity index (χ4n) is 3.43. The monoisotopic (exact) mass is 443 g/mol. The molecule has 0 unspecified atom stereocenters. The van der Waals surface area contributed by atoms with Gasteiger partial charge in [0.2, 0.25) is 0 Å². The first-order valence-electron chi connectivity index (χ1n) is 11.7. The Morgan fingerprint density at radius 1 is 1.06 bits per heavy atom. The van der Waals surface area contributed by atoms with Crippen LogP contribution in [0.3, 0.4) is 0 Å². The topological polar surface area (TPSA) is 77.2 Å². The molecule has 7 heteroatoms. The molecule has 3 rings (SSSR count). The zero-order valence-electron chi connectivity index (χ0n) is 19.2. The van der Waals surface area contributed by atoms with Crippen LogP contribution in [0.5, 0.6) is 0 Å². The smallest absolute Gasteiger partial charge is 0.191 e. The molecule has 2 aromatic rings. The number of hydrogen-bond donors (Lipinski definition) is 2. The van der Waals surface area contributed by atoms with E-state index in [2.05, 4.69) is 34.9 Å². The normalized spacial score (nSPS) is 15.1. The summed E-state index contributed by atoms with van der Waals surface area (Å²) in [6.45, 7) is 7.95. The highest BCUT2D eigenvalue weighted by molar-refractivity contribution is 5.79. The van der Waals surface area contributed by atoms with E-state index in [1.807, 2.05) is 19.1 Å². The molecular weight excluding hydrogens is 406 g/mol. The minimum atomic E-state index is 0.316. The van der Waals surface area contributed by atoms with Crippen molar-refractivity contribution in [2.75, 3.05) is 39.5 Å². The van der Waals surface area contributed by atoms with Crippen molar-refractivity contribution >= 4 is 5.96 Å². The number of rotatable bonds is 13. The van der Waals surface area contributed by atoms with E-state index in [1.165, 1.54) is 11.1 Å². The van der Waals surface area contributed by atoms with E-state index >= 15 is 0 Å². The van der Waals surface area contributed by atoms with Gasteiger partial charge in [-0.3, -0.25) is 0 Å². The van der Waals surface area contributed by atoms with Gasteiger partial charge >= 0.3 is 0 Å². The Bertz CT molecular complexity index is 756. The number of furan rings is 1. The summed E-state index contributed by atoms with van der Waals surface area (Å²) in [4.78, 5) is 4.76. The third-order valence-electron chi connectivity index (χ3n) is 5.30. The zero-order valence-corrected chi connectivity index (χ0v) is 19.2. The van der Waals surface area contributed by atoms with Gasteiger partial charge in [-0.1, -0.05) is 24.3 Å². The molecule has 2 heterocycles. The molecule has 0 amide bonds. The van der Waals surface area contributed by atoms with Crippen LogP contribution in [-0.2, 0) is 33.8 Å². The van der Waals surface area contributed by atoms with Gasteiger partial charge in [-0.05, 0) is 49.4 Å². The Kier molecular flexibility index (Phi) is 11.1. The molecule has 32 heavy (non-hydrogen) atoms. The second-order valence-corrected chi connectivity index (χ2v) is 7.84. The first-order valence-corrected chi connectivity index (χ1v) is 11.7. The predicted octanol–water partition coefficient (Wildman–Crippen LogP) is 3.68. The van der Waals surface area contributed by atoms with Gasteiger partial charge in [0.25, 0.3) is 0 Å². The van der Waals surface area contributed by atoms with Gasteiger partial charge in [0.15, 0.2) is 5.96 Å². The molecule has 0 atom stereocenters. The van der Waals surface area contributed by atoms with Crippen LogP contribution in [0.15, 0.2) is 52.1 Å². The van der Waals surface area contributed by atoms with E-state index in [0.29, 0.717) is 19.3 Å². The molecule has 2 N–H and O–H groups in total. The van der Waals surface area contributed by atoms with Gasteiger partial charge in [-0.2, -0.15) is 0 Å². The minimum absolute atomic E-state index is 0.316. The van der Waals surface area contributed by atoms with Crippen LogP contribution < -0.4 is 10.6 Å². The van der Waals surface area contributed by atoms with Crippen molar-refractivity contribution in [3.63, 3.8) is 0 Å². The van der Waals surface area contributed by atoms with Gasteiger partial charge < -0.3 is 29.3 Å². The molecule has 7 nitrogen and oxygen atoms in total. The van der Waals surface area contributed by atoms with Crippen molar-refractivity contribution in [3.8, 4) is 0 Å². The number of nitrogens with zero attached hydrogens (tertiary/aromatic N) is 1. The number of ether oxygens (including phenoxy) is 3. The molecule has 1 aromatic carbocycles. The van der Waals surface area contributed by atoms with Gasteiger partial charge in [-0.15, -0.1) is 0 Å². The number of aliphatic imine (C=N–C) groups is 1. The Balaban J connectivity index is 1.45. The Labute approximate surface area is 191 Å². The molecule has 0 radical (unpaired) electrons. The first kappa shape index (κ1) is 24.3. The quantitative estimate of drug-likeness (QED) is 0.279. The average Bonchev–Trinajstić information content (AvgIpc) is 3.35. The highest BCUT2D eigenvalue weighted by Gasteiger charge is 2.13. The third-order valence-corrected chi connectivity index (χ3v) is 5.30. The van der Waals surface area contributed by atoms with Crippen LogP contribution in [-0.4, -0.2) is 51.6 Å². The van der Waals surface area contributed by atoms with E-state index in [-0.39, 0.29) is 0 Å². The summed E-state index contributed by atoms with van der Waals surface area (Å²) in [7, 11) is 0. The fraction of sp³-hybridized carbons (Fsp3) is 0.560. The van der Waals surface area contributed by atoms with Crippen LogP contribution in [0.2, 0.25) is 0 Å². The van der Waals surface area contributed by atoms with Crippen LogP contribution in [0.1, 0.15) is 43.1 Å². The van der Waals surface area contributed by atoms with Crippen molar-refractivity contribution in [1.29, 1.82) is 0 Å². The maximum atomic E-state index is 6.01. The summed E-state index contributed by atoms with van der Waals surface area (Å²) in [6.07, 6.45) is 5.74. The average molecular weight is 444 g/mol. The maximum Gasteiger partial charge on any atom is 0.191 e. The molecular formula is C25H37N3O4. The lowest BCUT2D eigenvalue weighted by Crippen LogP contribution is -2.39. The molecule has 0 bridgehead atoms. The van der Waals surface area contributed by atoms with E-state index in [4.69, 9.17) is 23.6 Å². The third kappa shape index (κ3) is 9.42. The molecule has 1 aliphatic rings. The van der Waals surface area contributed by atoms with Gasteiger partial charge in [-0.25, -0.2) is 4.99 Å². The van der Waals surface area contributed by atoms with Gasteiger partial charge in [0.05, 0.1) is 25.5 Å². The lowest BCUT2D eigenvalue weighted by Gasteiger charge is -2.22. The van der Waals surface area contributed by atoms with Crippen molar-refractivity contribution in [3.05, 3.63) is 59.5 Å². The van der Waals surface area contributed by atoms with Crippen molar-refractivity contribution in [2.24, 2.45) is 4.99 Å². The molecule has 176 valence electrons. The van der Waals surface area contributed by atoms with Crippen LogP contribution in [0.4, 0.5) is 0 Å². The van der Waals surface area contributed by atoms with Crippen molar-refractivity contribution in [1.82, 2.24) is 10.6 Å². The highest BCUT2D eigenvalue weighted by atomic mass is 16.5. The maximum absolute atomic E-state index is 6.01. The van der Waals surface area contributed by atoms with E-state index in [0.717, 1.165) is 76.9 Å². The molecule has 1 saturated heterocycles. The SMILES string of the molecule is CCOCCCNC(=NCc1ccc(COC2CCOCC2)cc1)NCCc1ccco1. The Hall–Kier alpha value is -2.35. The van der Waals surface area contributed by atoms with Crippen LogP contribution in [0.25, 0.3) is 0 Å². The van der Waals surface area contributed by atoms with Crippen LogP contribution >= 0.6 is 0 Å². The van der Waals surface area contributed by atoms with E-state index in [1.54, 1.807) is 6.26 Å². The summed E-state index contributed by atoms with van der Waals surface area (Å²) in [5.74, 6) is 1.77. The molecule has 1 fully saturated rings. The van der Waals surface area contributed by atoms with E-state index in [9.17, 15) is 0 Å². The van der Waals surface area contributed by atoms with E-state index < -0.39 is 0 Å². The lowest BCUT2D eigenvalue weighted by molar-refractivity contribution is -0.0390. The summed E-state index contributed by atoms with van der Waals surface area (Å²) >= 11 is 0. The second kappa shape index (κ2) is 14.7. The highest BCUT2D eigenvalue weighted by Crippen LogP contribution is 2.14. The summed E-state index contributed by atoms with van der Waals surface area (Å²) < 4.78 is 22.2. The lowest BCUT2D eigenvalue weighted by atomic mass is 10.1. The Morgan fingerprint density at radius 2 is 1.84 bits per heavy atom. The minimum Gasteiger partial charge on any atom is -0.469 e. The predicted molar refractivity (Wildman–Crippen MR) is 126 cm³/mol. The van der Waals surface area contributed by atoms with Gasteiger partial charge in [0, 0.05) is 45.9 Å². The standard InChI is InChI=1S/C25H37N3O4/c1-2-29-15-4-13-26-25(27-14-10-23-5-3-16-31-23)28-19-21-6-8-22(9-7-21)20-32-24-11-17-30-18-12-24/h3,5-9,16,24H,2,4,10-15,17-20H2,1H3,(H2,26,27,28). The van der Waals surface area contributed by atoms with Crippen molar-refractivity contribution < 1.29 is 18.6 Å². The summed E-state index contributed by atoms with van der Waals surface area (Å²) in [5, 5.41) is 6.79. The summed E-state index contributed by atoms with van der Waals surface area (Å²) in [6, 6.07) is 12.4. The Morgan fingerprint density at radius 3 is 2.59 bits per heavy atom. The number of benzene rings is 1. The van der Waals surface area contributed by atoms with Gasteiger partial charge in [0.1, 0.15) is 5.76 Å². The number of nitrogens with one attached hydrogen (secondary N) is 2. The number of hydrogen-bond acceptors (Lipinski definition) is 5. The summed E-state index contributed by atoms with van der Waals surface area (Å²) in [5.41, 5.74) is 2.36.